The monoisotopic (exact) mass is 1570 g/mol. The second kappa shape index (κ2) is 49.7. The summed E-state index contributed by atoms with van der Waals surface area (Å²) in [5, 5.41) is 5.98. The van der Waals surface area contributed by atoms with Gasteiger partial charge in [0.1, 0.15) is 18.7 Å². The maximum Gasteiger partial charge on any atom is 0.135 e. The molecule has 0 radical (unpaired) electrons. The molecule has 0 atom stereocenters. The first-order valence-corrected chi connectivity index (χ1v) is 49.4. The Balaban J connectivity index is 0.000000241. The predicted octanol–water partition coefficient (Wildman–Crippen LogP) is 22.4. The van der Waals surface area contributed by atoms with Crippen LogP contribution >= 0.6 is 62.8 Å². The molecule has 5 nitrogen and oxygen atoms in total. The second-order valence-electron chi connectivity index (χ2n) is 24.4. The summed E-state index contributed by atoms with van der Waals surface area (Å²) in [7, 11) is 22.1. The standard InChI is InChI=1S/C18H33P.2C17H20NP.2C10H12O.C4H10O.2CH4.4ClH.2Ru/c3*1-4-10-16(11-5-1)19(17-12-6-2-7-13-17)18-14-8-3-9-15-18;2*1-8(2)11-10-7-5-4-6-9(10)3;1-3-5-4-2;;;;;;;;/h16-18H,1-15H2;2*1-2,4-7,10-13H,3,8-9,14-15H2;2*3-8H,1-2H3;3-4H2,1-2H3;2*1H4;4*1H;;/q;;;;;;;;;;;;2*+2/p-2. The van der Waals surface area contributed by atoms with Gasteiger partial charge in [-0.3, -0.25) is 4.67 Å². The SMILES string of the molecule is C.C.C1CCC([PH+](C2CCCCC2)C2CCCCC2)CC1.CC(C)Oc1ccccc1[CH]=[Ru]([Cl])[Cl].CC(C)Oc1ccccc1[CH]=[Ru]([Cl])[Cl].CCOCC.c1ccc(P(c2ccccc2)N2CCCCC2)cc1.c1ccc([PH+](c2ccccc2)N2CCCCC2)cc1. The van der Waals surface area contributed by atoms with Crippen LogP contribution in [0.1, 0.15) is 202 Å². The van der Waals surface area contributed by atoms with Crippen molar-refractivity contribution < 1.29 is 41.2 Å². The summed E-state index contributed by atoms with van der Waals surface area (Å²) in [5.41, 5.74) is 5.66. The first kappa shape index (κ1) is 82.7. The Kier molecular flexibility index (Phi) is 44.7. The van der Waals surface area contributed by atoms with E-state index in [1.165, 1.54) is 103 Å². The number of para-hydroxylation sites is 2. The van der Waals surface area contributed by atoms with Gasteiger partial charge < -0.3 is 4.74 Å². The van der Waals surface area contributed by atoms with E-state index >= 15 is 0 Å². The number of piperidine rings is 2. The molecule has 3 saturated carbocycles. The van der Waals surface area contributed by atoms with E-state index in [1.807, 2.05) is 99.3 Å². The molecule has 11 rings (SSSR count). The number of hydrogen-bond donors (Lipinski definition) is 0. The molecule has 92 heavy (non-hydrogen) atoms. The van der Waals surface area contributed by atoms with E-state index in [9.17, 15) is 0 Å². The summed E-state index contributed by atoms with van der Waals surface area (Å²) in [5.74, 6) is 1.70. The van der Waals surface area contributed by atoms with Crippen LogP contribution in [0.5, 0.6) is 11.5 Å². The van der Waals surface area contributed by atoms with Crippen LogP contribution in [-0.2, 0) is 31.8 Å². The quantitative estimate of drug-likeness (QED) is 0.0672. The summed E-state index contributed by atoms with van der Waals surface area (Å²) < 4.78 is 25.3. The number of halogens is 4. The number of benzene rings is 6. The third-order valence-electron chi connectivity index (χ3n) is 17.0. The van der Waals surface area contributed by atoms with Crippen molar-refractivity contribution in [2.75, 3.05) is 39.4 Å². The van der Waals surface area contributed by atoms with Crippen molar-refractivity contribution in [1.82, 2.24) is 9.34 Å². The number of nitrogens with zero attached hydrogens (tertiary/aromatic N) is 2. The molecule has 14 heteroatoms. The van der Waals surface area contributed by atoms with E-state index < -0.39 is 35.1 Å². The van der Waals surface area contributed by atoms with Crippen LogP contribution < -0.4 is 30.7 Å². The van der Waals surface area contributed by atoms with E-state index in [1.54, 1.807) is 96.3 Å². The van der Waals surface area contributed by atoms with E-state index in [0.29, 0.717) is 0 Å². The fourth-order valence-electron chi connectivity index (χ4n) is 13.1. The van der Waals surface area contributed by atoms with Gasteiger partial charge in [-0.05, 0) is 151 Å². The third-order valence-corrected chi connectivity index (χ3v) is 30.6. The van der Waals surface area contributed by atoms with E-state index in [4.69, 9.17) is 53.0 Å². The van der Waals surface area contributed by atoms with E-state index in [-0.39, 0.29) is 43.1 Å². The molecule has 6 aromatic rings. The molecule has 3 aliphatic carbocycles. The van der Waals surface area contributed by atoms with E-state index in [0.717, 1.165) is 35.8 Å². The Labute approximate surface area is 590 Å². The number of rotatable bonds is 17. The van der Waals surface area contributed by atoms with Crippen LogP contribution in [0, 0.1) is 0 Å². The maximum absolute atomic E-state index is 5.82. The zero-order chi connectivity index (χ0) is 64.0. The van der Waals surface area contributed by atoms with Gasteiger partial charge in [-0.2, -0.15) is 4.67 Å². The fraction of sp³-hybridized carbons (Fsp3) is 0.513. The number of ether oxygens (including phenoxy) is 3. The molecule has 0 aromatic heterocycles. The normalized spacial score (nSPS) is 16.8. The summed E-state index contributed by atoms with van der Waals surface area (Å²) >= 11 is -3.54. The molecule has 514 valence electrons. The summed E-state index contributed by atoms with van der Waals surface area (Å²) in [4.78, 5) is 0. The summed E-state index contributed by atoms with van der Waals surface area (Å²) in [6.45, 7) is 18.7. The van der Waals surface area contributed by atoms with Crippen LogP contribution in [-0.4, -0.2) is 87.1 Å². The summed E-state index contributed by atoms with van der Waals surface area (Å²) in [6, 6.07) is 59.7. The largest absolute Gasteiger partial charge is 0.382 e. The van der Waals surface area contributed by atoms with Gasteiger partial charge in [-0.15, -0.1) is 0 Å². The van der Waals surface area contributed by atoms with Gasteiger partial charge in [0, 0.05) is 55.4 Å². The Hall–Kier alpha value is -1.76. The number of hydrogen-bond acceptors (Lipinski definition) is 5. The van der Waals surface area contributed by atoms with Crippen molar-refractivity contribution >= 4 is 93.3 Å². The van der Waals surface area contributed by atoms with Gasteiger partial charge in [0.25, 0.3) is 0 Å². The van der Waals surface area contributed by atoms with Crippen molar-refractivity contribution in [3.63, 3.8) is 0 Å². The molecule has 0 bridgehead atoms. The summed E-state index contributed by atoms with van der Waals surface area (Å²) in [6.07, 6.45) is 32.3. The smallest absolute Gasteiger partial charge is 0.135 e. The molecular formula is C78H117Cl4N2O3P3Ru2+2. The molecule has 2 heterocycles. The van der Waals surface area contributed by atoms with E-state index in [2.05, 4.69) is 131 Å². The molecule has 0 unspecified atom stereocenters. The Morgan fingerprint density at radius 2 is 0.728 bits per heavy atom. The Morgan fingerprint density at radius 3 is 1.04 bits per heavy atom. The first-order valence-electron chi connectivity index (χ1n) is 33.9. The van der Waals surface area contributed by atoms with Gasteiger partial charge in [0.15, 0.2) is 0 Å². The molecule has 0 spiro atoms. The van der Waals surface area contributed by atoms with Crippen molar-refractivity contribution in [2.24, 2.45) is 0 Å². The molecule has 5 aliphatic rings. The maximum atomic E-state index is 5.82. The topological polar surface area (TPSA) is 34.2 Å². The Bertz CT molecular complexity index is 2560. The molecule has 2 saturated heterocycles. The van der Waals surface area contributed by atoms with Crippen LogP contribution in [0.25, 0.3) is 0 Å². The zero-order valence-corrected chi connectivity index (χ0v) is 64.5. The second-order valence-corrected chi connectivity index (χ2v) is 44.0. The third kappa shape index (κ3) is 31.4. The van der Waals surface area contributed by atoms with Crippen LogP contribution in [0.15, 0.2) is 170 Å². The average Bonchev–Trinajstić information content (AvgIpc) is 1.25. The fourth-order valence-corrected chi connectivity index (χ4v) is 27.3. The van der Waals surface area contributed by atoms with Crippen molar-refractivity contribution in [2.45, 2.75) is 220 Å². The molecule has 0 N–H and O–H groups in total. The zero-order valence-electron chi connectivity index (χ0n) is 55.1. The van der Waals surface area contributed by atoms with Crippen LogP contribution in [0.3, 0.4) is 0 Å². The van der Waals surface area contributed by atoms with Crippen molar-refractivity contribution in [3.8, 4) is 11.5 Å². The van der Waals surface area contributed by atoms with Gasteiger partial charge in [-0.1, -0.05) is 144 Å². The Morgan fingerprint density at radius 1 is 0.424 bits per heavy atom. The van der Waals surface area contributed by atoms with Crippen LogP contribution in [0.4, 0.5) is 0 Å². The van der Waals surface area contributed by atoms with Crippen LogP contribution in [0.2, 0.25) is 0 Å². The van der Waals surface area contributed by atoms with Gasteiger partial charge in [-0.25, -0.2) is 0 Å². The van der Waals surface area contributed by atoms with Crippen molar-refractivity contribution in [1.29, 1.82) is 0 Å². The average molecular weight is 1570 g/mol. The predicted molar refractivity (Wildman–Crippen MR) is 413 cm³/mol. The van der Waals surface area contributed by atoms with Gasteiger partial charge in [0.2, 0.25) is 0 Å². The minimum atomic E-state index is -1.77. The molecule has 2 aliphatic heterocycles. The minimum Gasteiger partial charge on any atom is -0.382 e. The molecular weight excluding hydrogens is 1450 g/mol. The molecule has 0 amide bonds. The van der Waals surface area contributed by atoms with Gasteiger partial charge >= 0.3 is 196 Å². The minimum absolute atomic E-state index is 0. The molecule has 5 fully saturated rings. The molecule has 6 aromatic carbocycles. The first-order chi connectivity index (χ1) is 43.9. The van der Waals surface area contributed by atoms with Gasteiger partial charge in [0.05, 0.1) is 17.0 Å². The van der Waals surface area contributed by atoms with Crippen molar-refractivity contribution in [3.05, 3.63) is 181 Å².